The molecular formula is C16H26N2O3. The molecule has 1 aromatic rings. The molecular weight excluding hydrogens is 268 g/mol. The molecule has 0 saturated carbocycles. The van der Waals surface area contributed by atoms with Crippen molar-refractivity contribution in [3.63, 3.8) is 0 Å². The number of piperazine rings is 1. The van der Waals surface area contributed by atoms with Crippen LogP contribution in [0.15, 0.2) is 18.2 Å². The van der Waals surface area contributed by atoms with E-state index in [0.29, 0.717) is 12.4 Å². The number of phenols is 1. The summed E-state index contributed by atoms with van der Waals surface area (Å²) in [4.78, 5) is 4.71. The Morgan fingerprint density at radius 1 is 1.19 bits per heavy atom. The van der Waals surface area contributed by atoms with E-state index in [1.807, 2.05) is 19.1 Å². The number of rotatable bonds is 6. The summed E-state index contributed by atoms with van der Waals surface area (Å²) < 4.78 is 5.44. The molecule has 2 rings (SSSR count). The molecule has 0 radical (unpaired) electrons. The van der Waals surface area contributed by atoms with Gasteiger partial charge in [-0.3, -0.25) is 4.90 Å². The van der Waals surface area contributed by atoms with Crippen LogP contribution in [0.5, 0.6) is 11.5 Å². The molecule has 0 amide bonds. The summed E-state index contributed by atoms with van der Waals surface area (Å²) in [5.41, 5.74) is 0.990. The Hall–Kier alpha value is -1.30. The Kier molecular flexibility index (Phi) is 5.85. The Labute approximate surface area is 126 Å². The number of hydrogen-bond donors (Lipinski definition) is 2. The van der Waals surface area contributed by atoms with Crippen molar-refractivity contribution in [2.45, 2.75) is 19.9 Å². The molecule has 1 aliphatic heterocycles. The van der Waals surface area contributed by atoms with Crippen LogP contribution in [0.1, 0.15) is 25.5 Å². The molecule has 1 aliphatic rings. The topological polar surface area (TPSA) is 56.2 Å². The van der Waals surface area contributed by atoms with Crippen LogP contribution in [-0.4, -0.2) is 66.0 Å². The summed E-state index contributed by atoms with van der Waals surface area (Å²) in [6.07, 6.45) is 0. The van der Waals surface area contributed by atoms with E-state index in [4.69, 9.17) is 4.74 Å². The third-order valence-corrected chi connectivity index (χ3v) is 4.14. The second-order valence-electron chi connectivity index (χ2n) is 5.33. The van der Waals surface area contributed by atoms with Crippen molar-refractivity contribution in [3.05, 3.63) is 23.8 Å². The fourth-order valence-electron chi connectivity index (χ4n) is 2.83. The van der Waals surface area contributed by atoms with Crippen LogP contribution < -0.4 is 4.74 Å². The predicted octanol–water partition coefficient (Wildman–Crippen LogP) is 1.46. The van der Waals surface area contributed by atoms with Crippen molar-refractivity contribution in [2.75, 3.05) is 45.9 Å². The molecule has 0 aromatic heterocycles. The minimum atomic E-state index is -0.0381. The van der Waals surface area contributed by atoms with Crippen molar-refractivity contribution in [3.8, 4) is 11.5 Å². The summed E-state index contributed by atoms with van der Waals surface area (Å²) in [6.45, 7) is 9.68. The van der Waals surface area contributed by atoms with Gasteiger partial charge in [0.15, 0.2) is 11.5 Å². The maximum atomic E-state index is 9.79. The zero-order chi connectivity index (χ0) is 15.2. The van der Waals surface area contributed by atoms with Crippen LogP contribution in [-0.2, 0) is 0 Å². The van der Waals surface area contributed by atoms with Gasteiger partial charge in [-0.15, -0.1) is 0 Å². The summed E-state index contributed by atoms with van der Waals surface area (Å²) in [7, 11) is 0. The molecule has 0 bridgehead atoms. The normalized spacial score (nSPS) is 18.6. The first kappa shape index (κ1) is 16.1. The Balaban J connectivity index is 2.12. The number of likely N-dealkylation sites (N-methyl/N-ethyl adjacent to an activating group) is 1. The number of aliphatic hydroxyl groups is 1. The lowest BCUT2D eigenvalue weighted by atomic mass is 10.0. The number of hydrogen-bond acceptors (Lipinski definition) is 5. The van der Waals surface area contributed by atoms with Gasteiger partial charge in [-0.25, -0.2) is 0 Å². The van der Waals surface area contributed by atoms with Gasteiger partial charge in [-0.1, -0.05) is 13.0 Å². The molecule has 0 spiro atoms. The van der Waals surface area contributed by atoms with Crippen molar-refractivity contribution in [1.29, 1.82) is 0 Å². The summed E-state index contributed by atoms with van der Waals surface area (Å²) in [5.74, 6) is 0.633. The molecule has 1 aromatic carbocycles. The smallest absolute Gasteiger partial charge is 0.161 e. The highest BCUT2D eigenvalue weighted by Crippen LogP contribution is 2.31. The van der Waals surface area contributed by atoms with Gasteiger partial charge in [0.25, 0.3) is 0 Å². The van der Waals surface area contributed by atoms with Crippen LogP contribution >= 0.6 is 0 Å². The number of phenolic OH excluding ortho intramolecular Hbond substituents is 1. The van der Waals surface area contributed by atoms with Gasteiger partial charge >= 0.3 is 0 Å². The number of ether oxygens (including phenoxy) is 1. The van der Waals surface area contributed by atoms with Crippen molar-refractivity contribution in [2.24, 2.45) is 0 Å². The van der Waals surface area contributed by atoms with Gasteiger partial charge in [0.2, 0.25) is 0 Å². The molecule has 1 saturated heterocycles. The van der Waals surface area contributed by atoms with Crippen LogP contribution in [0.25, 0.3) is 0 Å². The summed E-state index contributed by atoms with van der Waals surface area (Å²) in [6, 6.07) is 5.31. The predicted molar refractivity (Wildman–Crippen MR) is 82.8 cm³/mol. The van der Waals surface area contributed by atoms with E-state index in [-0.39, 0.29) is 18.4 Å². The van der Waals surface area contributed by atoms with Crippen LogP contribution in [0.4, 0.5) is 0 Å². The van der Waals surface area contributed by atoms with Gasteiger partial charge in [-0.2, -0.15) is 0 Å². The molecule has 1 fully saturated rings. The Bertz CT molecular complexity index is 445. The number of nitrogens with zero attached hydrogens (tertiary/aromatic N) is 2. The van der Waals surface area contributed by atoms with Crippen LogP contribution in [0, 0.1) is 0 Å². The quantitative estimate of drug-likeness (QED) is 0.832. The molecule has 118 valence electrons. The lowest BCUT2D eigenvalue weighted by molar-refractivity contribution is 0.0671. The first-order chi connectivity index (χ1) is 10.2. The zero-order valence-electron chi connectivity index (χ0n) is 13.0. The second-order valence-corrected chi connectivity index (χ2v) is 5.33. The number of benzene rings is 1. The molecule has 1 unspecified atom stereocenters. The fraction of sp³-hybridized carbons (Fsp3) is 0.625. The lowest BCUT2D eigenvalue weighted by Crippen LogP contribution is -2.48. The highest BCUT2D eigenvalue weighted by Gasteiger charge is 2.24. The molecule has 1 heterocycles. The van der Waals surface area contributed by atoms with E-state index < -0.39 is 0 Å². The minimum Gasteiger partial charge on any atom is -0.504 e. The minimum absolute atomic E-state index is 0.0381. The molecule has 2 N–H and O–H groups in total. The monoisotopic (exact) mass is 294 g/mol. The van der Waals surface area contributed by atoms with Crippen LogP contribution in [0.3, 0.4) is 0 Å². The first-order valence-corrected chi connectivity index (χ1v) is 7.72. The number of aliphatic hydroxyl groups excluding tert-OH is 1. The maximum absolute atomic E-state index is 9.79. The largest absolute Gasteiger partial charge is 0.504 e. The van der Waals surface area contributed by atoms with Gasteiger partial charge in [0.1, 0.15) is 0 Å². The van der Waals surface area contributed by atoms with Crippen LogP contribution in [0.2, 0.25) is 0 Å². The van der Waals surface area contributed by atoms with Crippen molar-refractivity contribution in [1.82, 2.24) is 9.80 Å². The van der Waals surface area contributed by atoms with Gasteiger partial charge in [-0.05, 0) is 31.2 Å². The lowest BCUT2D eigenvalue weighted by Gasteiger charge is -2.38. The van der Waals surface area contributed by atoms with E-state index in [1.54, 1.807) is 6.07 Å². The molecule has 1 atom stereocenters. The standard InChI is InChI=1S/C16H26N2O3/c1-3-17-7-9-18(10-8-17)14(12-19)13-5-6-15(20)16(11-13)21-4-2/h5-6,11,14,19-20H,3-4,7-10,12H2,1-2H3. The average molecular weight is 294 g/mol. The molecule has 0 aliphatic carbocycles. The SMILES string of the molecule is CCOc1cc(C(CO)N2CCN(CC)CC2)ccc1O. The first-order valence-electron chi connectivity index (χ1n) is 7.72. The van der Waals surface area contributed by atoms with Gasteiger partial charge in [0.05, 0.1) is 19.3 Å². The summed E-state index contributed by atoms with van der Waals surface area (Å²) in [5, 5.41) is 19.6. The summed E-state index contributed by atoms with van der Waals surface area (Å²) >= 11 is 0. The highest BCUT2D eigenvalue weighted by atomic mass is 16.5. The zero-order valence-corrected chi connectivity index (χ0v) is 13.0. The molecule has 21 heavy (non-hydrogen) atoms. The van der Waals surface area contributed by atoms with E-state index in [1.165, 1.54) is 0 Å². The second kappa shape index (κ2) is 7.64. The molecule has 5 heteroatoms. The third-order valence-electron chi connectivity index (χ3n) is 4.14. The number of aromatic hydroxyl groups is 1. The van der Waals surface area contributed by atoms with E-state index >= 15 is 0 Å². The van der Waals surface area contributed by atoms with Gasteiger partial charge in [0, 0.05) is 26.2 Å². The van der Waals surface area contributed by atoms with Gasteiger partial charge < -0.3 is 19.8 Å². The van der Waals surface area contributed by atoms with E-state index in [0.717, 1.165) is 38.3 Å². The fourth-order valence-corrected chi connectivity index (χ4v) is 2.83. The van der Waals surface area contributed by atoms with Crippen molar-refractivity contribution >= 4 is 0 Å². The Morgan fingerprint density at radius 3 is 2.48 bits per heavy atom. The molecule has 5 nitrogen and oxygen atoms in total. The van der Waals surface area contributed by atoms with E-state index in [9.17, 15) is 10.2 Å². The third kappa shape index (κ3) is 3.87. The maximum Gasteiger partial charge on any atom is 0.161 e. The van der Waals surface area contributed by atoms with Crippen molar-refractivity contribution < 1.29 is 14.9 Å². The van der Waals surface area contributed by atoms with E-state index in [2.05, 4.69) is 16.7 Å². The average Bonchev–Trinajstić information content (AvgIpc) is 2.52. The highest BCUT2D eigenvalue weighted by molar-refractivity contribution is 5.42. The Morgan fingerprint density at radius 2 is 1.90 bits per heavy atom.